The van der Waals surface area contributed by atoms with E-state index in [0.29, 0.717) is 12.5 Å². The third-order valence-corrected chi connectivity index (χ3v) is 3.27. The second-order valence-electron chi connectivity index (χ2n) is 5.73. The lowest BCUT2D eigenvalue weighted by atomic mass is 10.1. The van der Waals surface area contributed by atoms with E-state index < -0.39 is 0 Å². The highest BCUT2D eigenvalue weighted by Crippen LogP contribution is 2.23. The summed E-state index contributed by atoms with van der Waals surface area (Å²) in [6.07, 6.45) is 0. The molecule has 2 aromatic rings. The highest BCUT2D eigenvalue weighted by atomic mass is 16.5. The monoisotopic (exact) mass is 313 g/mol. The fraction of sp³-hybridized carbons (Fsp3) is 0.278. The van der Waals surface area contributed by atoms with E-state index >= 15 is 0 Å². The van der Waals surface area contributed by atoms with E-state index in [1.165, 1.54) is 0 Å². The first-order valence-electron chi connectivity index (χ1n) is 7.43. The molecule has 0 aliphatic rings. The number of guanidine groups is 1. The number of nitrogens with zero attached hydrogens (tertiary/aromatic N) is 1. The fourth-order valence-electron chi connectivity index (χ4n) is 1.79. The molecule has 0 spiro atoms. The molecule has 0 heterocycles. The van der Waals surface area contributed by atoms with Gasteiger partial charge in [-0.2, -0.15) is 0 Å². The van der Waals surface area contributed by atoms with Crippen LogP contribution < -0.4 is 15.8 Å². The summed E-state index contributed by atoms with van der Waals surface area (Å²) in [5.41, 5.74) is 6.38. The number of benzene rings is 2. The molecule has 23 heavy (non-hydrogen) atoms. The Kier molecular flexibility index (Phi) is 5.60. The van der Waals surface area contributed by atoms with Crippen LogP contribution in [0.4, 0.5) is 5.69 Å². The minimum Gasteiger partial charge on any atom is -0.457 e. The van der Waals surface area contributed by atoms with Crippen molar-refractivity contribution >= 4 is 11.6 Å². The largest absolute Gasteiger partial charge is 0.457 e. The molecule has 0 radical (unpaired) electrons. The number of hydrogen-bond donors (Lipinski definition) is 2. The van der Waals surface area contributed by atoms with Crippen molar-refractivity contribution < 1.29 is 9.47 Å². The van der Waals surface area contributed by atoms with E-state index in [2.05, 4.69) is 10.3 Å². The molecule has 0 aliphatic heterocycles. The number of hydrogen-bond acceptors (Lipinski definition) is 3. The molecule has 0 aromatic heterocycles. The molecule has 5 heteroatoms. The van der Waals surface area contributed by atoms with Gasteiger partial charge in [-0.3, -0.25) is 4.99 Å². The van der Waals surface area contributed by atoms with Crippen molar-refractivity contribution in [1.82, 2.24) is 0 Å². The van der Waals surface area contributed by atoms with Crippen LogP contribution in [-0.2, 0) is 4.74 Å². The average molecular weight is 313 g/mol. The number of rotatable bonds is 6. The second kappa shape index (κ2) is 7.65. The normalized spacial score (nSPS) is 12.0. The Labute approximate surface area is 137 Å². The molecule has 3 N–H and O–H groups in total. The van der Waals surface area contributed by atoms with Crippen LogP contribution in [0.5, 0.6) is 11.5 Å². The quantitative estimate of drug-likeness (QED) is 0.631. The van der Waals surface area contributed by atoms with Gasteiger partial charge < -0.3 is 20.5 Å². The first-order valence-corrected chi connectivity index (χ1v) is 7.43. The van der Waals surface area contributed by atoms with E-state index in [1.807, 2.05) is 68.4 Å². The maximum absolute atomic E-state index is 5.91. The zero-order valence-electron chi connectivity index (χ0n) is 13.7. The molecule has 2 rings (SSSR count). The topological polar surface area (TPSA) is 68.9 Å². The van der Waals surface area contributed by atoms with Crippen LogP contribution in [0, 0.1) is 0 Å². The first-order chi connectivity index (χ1) is 11.0. The van der Waals surface area contributed by atoms with Gasteiger partial charge in [-0.05, 0) is 38.1 Å². The SMILES string of the molecule is COC(C)(C)CN=C(N)Nc1cccc(Oc2ccccc2)c1. The van der Waals surface area contributed by atoms with Gasteiger partial charge in [-0.25, -0.2) is 0 Å². The van der Waals surface area contributed by atoms with Crippen LogP contribution in [0.2, 0.25) is 0 Å². The van der Waals surface area contributed by atoms with Gasteiger partial charge in [-0.1, -0.05) is 24.3 Å². The zero-order chi connectivity index (χ0) is 16.7. The minimum absolute atomic E-state index is 0.340. The van der Waals surface area contributed by atoms with E-state index in [9.17, 15) is 0 Å². The maximum atomic E-state index is 5.91. The van der Waals surface area contributed by atoms with Crippen LogP contribution in [0.1, 0.15) is 13.8 Å². The van der Waals surface area contributed by atoms with Gasteiger partial charge in [0.25, 0.3) is 0 Å². The molecule has 0 amide bonds. The van der Waals surface area contributed by atoms with Crippen LogP contribution >= 0.6 is 0 Å². The summed E-state index contributed by atoms with van der Waals surface area (Å²) in [5.74, 6) is 1.85. The van der Waals surface area contributed by atoms with Gasteiger partial charge in [-0.15, -0.1) is 0 Å². The molecule has 0 fully saturated rings. The summed E-state index contributed by atoms with van der Waals surface area (Å²) in [4.78, 5) is 4.29. The summed E-state index contributed by atoms with van der Waals surface area (Å²) in [5, 5.41) is 3.06. The smallest absolute Gasteiger partial charge is 0.193 e. The fourth-order valence-corrected chi connectivity index (χ4v) is 1.79. The Bertz CT molecular complexity index is 654. The van der Waals surface area contributed by atoms with Gasteiger partial charge in [0.15, 0.2) is 5.96 Å². The Balaban J connectivity index is 2.01. The van der Waals surface area contributed by atoms with Crippen LogP contribution in [0.3, 0.4) is 0 Å². The third kappa shape index (κ3) is 5.64. The van der Waals surface area contributed by atoms with Crippen LogP contribution in [-0.4, -0.2) is 25.2 Å². The Morgan fingerprint density at radius 2 is 1.78 bits per heavy atom. The highest BCUT2D eigenvalue weighted by molar-refractivity contribution is 5.92. The maximum Gasteiger partial charge on any atom is 0.193 e. The number of para-hydroxylation sites is 1. The van der Waals surface area contributed by atoms with E-state index in [4.69, 9.17) is 15.2 Å². The number of ether oxygens (including phenoxy) is 2. The molecule has 0 atom stereocenters. The third-order valence-electron chi connectivity index (χ3n) is 3.27. The molecule has 0 aliphatic carbocycles. The van der Waals surface area contributed by atoms with Gasteiger partial charge in [0, 0.05) is 18.9 Å². The predicted octanol–water partition coefficient (Wildman–Crippen LogP) is 3.63. The van der Waals surface area contributed by atoms with Crippen molar-refractivity contribution in [3.8, 4) is 11.5 Å². The van der Waals surface area contributed by atoms with Crippen molar-refractivity contribution in [2.75, 3.05) is 19.0 Å². The Morgan fingerprint density at radius 1 is 1.09 bits per heavy atom. The predicted molar refractivity (Wildman–Crippen MR) is 94.2 cm³/mol. The first kappa shape index (κ1) is 16.8. The molecule has 5 nitrogen and oxygen atoms in total. The molecule has 2 aromatic carbocycles. The van der Waals surface area contributed by atoms with E-state index in [0.717, 1.165) is 17.2 Å². The molecular formula is C18H23N3O2. The van der Waals surface area contributed by atoms with Crippen molar-refractivity contribution in [2.45, 2.75) is 19.4 Å². The van der Waals surface area contributed by atoms with Crippen molar-refractivity contribution in [2.24, 2.45) is 10.7 Å². The van der Waals surface area contributed by atoms with Gasteiger partial charge in [0.2, 0.25) is 0 Å². The van der Waals surface area contributed by atoms with Gasteiger partial charge in [0.1, 0.15) is 11.5 Å². The number of nitrogens with one attached hydrogen (secondary N) is 1. The second-order valence-corrected chi connectivity index (χ2v) is 5.73. The van der Waals surface area contributed by atoms with Crippen LogP contribution in [0.25, 0.3) is 0 Å². The molecule has 0 saturated carbocycles. The van der Waals surface area contributed by atoms with Gasteiger partial charge >= 0.3 is 0 Å². The number of aliphatic imine (C=N–C) groups is 1. The lowest BCUT2D eigenvalue weighted by molar-refractivity contribution is 0.0312. The Morgan fingerprint density at radius 3 is 2.48 bits per heavy atom. The number of methoxy groups -OCH3 is 1. The minimum atomic E-state index is -0.343. The van der Waals surface area contributed by atoms with Gasteiger partial charge in [0.05, 0.1) is 12.1 Å². The van der Waals surface area contributed by atoms with Crippen molar-refractivity contribution in [1.29, 1.82) is 0 Å². The molecule has 0 bridgehead atoms. The highest BCUT2D eigenvalue weighted by Gasteiger charge is 2.15. The molecule has 122 valence electrons. The summed E-state index contributed by atoms with van der Waals surface area (Å²) < 4.78 is 11.1. The summed E-state index contributed by atoms with van der Waals surface area (Å²) in [6.45, 7) is 4.39. The van der Waals surface area contributed by atoms with Crippen molar-refractivity contribution in [3.63, 3.8) is 0 Å². The molecule has 0 unspecified atom stereocenters. The summed E-state index contributed by atoms with van der Waals surface area (Å²) in [7, 11) is 1.66. The van der Waals surface area contributed by atoms with E-state index in [1.54, 1.807) is 7.11 Å². The van der Waals surface area contributed by atoms with E-state index in [-0.39, 0.29) is 5.60 Å². The zero-order valence-corrected chi connectivity index (χ0v) is 13.7. The number of anilines is 1. The average Bonchev–Trinajstić information content (AvgIpc) is 2.54. The lowest BCUT2D eigenvalue weighted by Crippen LogP contribution is -2.30. The Hall–Kier alpha value is -2.53. The summed E-state index contributed by atoms with van der Waals surface area (Å²) >= 11 is 0. The van der Waals surface area contributed by atoms with Crippen molar-refractivity contribution in [3.05, 3.63) is 54.6 Å². The van der Waals surface area contributed by atoms with Crippen LogP contribution in [0.15, 0.2) is 59.6 Å². The summed E-state index contributed by atoms with van der Waals surface area (Å²) in [6, 6.07) is 17.2. The number of nitrogens with two attached hydrogens (primary N) is 1. The lowest BCUT2D eigenvalue weighted by Gasteiger charge is -2.20. The molecular weight excluding hydrogens is 290 g/mol. The molecule has 0 saturated heterocycles. The standard InChI is InChI=1S/C18H23N3O2/c1-18(2,22-3)13-20-17(19)21-14-8-7-11-16(12-14)23-15-9-5-4-6-10-15/h4-12H,13H2,1-3H3,(H3,19,20,21).